The monoisotopic (exact) mass is 287 g/mol. The largest absolute Gasteiger partial charge is 0.364 e. The molecule has 0 aliphatic rings. The normalized spacial score (nSPS) is 10.2. The highest BCUT2D eigenvalue weighted by Gasteiger charge is 2.15. The zero-order valence-corrected chi connectivity index (χ0v) is 12.1. The van der Waals surface area contributed by atoms with Crippen molar-refractivity contribution in [3.8, 4) is 0 Å². The SMILES string of the molecule is Cc1cc(C)cc(NC(=O)Nc2cn(C)nc2C(N)=O)c1. The molecule has 0 unspecified atom stereocenters. The Bertz CT molecular complexity index is 685. The summed E-state index contributed by atoms with van der Waals surface area (Å²) in [6, 6.07) is 5.25. The fraction of sp³-hybridized carbons (Fsp3) is 0.214. The van der Waals surface area contributed by atoms with Gasteiger partial charge in [0.25, 0.3) is 5.91 Å². The van der Waals surface area contributed by atoms with Gasteiger partial charge in [-0.25, -0.2) is 4.79 Å². The van der Waals surface area contributed by atoms with Crippen LogP contribution >= 0.6 is 0 Å². The highest BCUT2D eigenvalue weighted by atomic mass is 16.2. The first-order chi connectivity index (χ1) is 9.85. The van der Waals surface area contributed by atoms with Gasteiger partial charge in [0.1, 0.15) is 0 Å². The predicted molar refractivity (Wildman–Crippen MR) is 80.3 cm³/mol. The average Bonchev–Trinajstić information content (AvgIpc) is 2.68. The first-order valence-corrected chi connectivity index (χ1v) is 6.35. The summed E-state index contributed by atoms with van der Waals surface area (Å²) in [5.74, 6) is -0.697. The number of primary amides is 1. The summed E-state index contributed by atoms with van der Waals surface area (Å²) in [6.07, 6.45) is 1.52. The van der Waals surface area contributed by atoms with E-state index in [0.29, 0.717) is 5.69 Å². The van der Waals surface area contributed by atoms with Crippen molar-refractivity contribution in [2.24, 2.45) is 12.8 Å². The molecule has 7 nitrogen and oxygen atoms in total. The summed E-state index contributed by atoms with van der Waals surface area (Å²) in [4.78, 5) is 23.2. The maximum absolute atomic E-state index is 12.0. The van der Waals surface area contributed by atoms with Crippen molar-refractivity contribution in [1.29, 1.82) is 0 Å². The fourth-order valence-corrected chi connectivity index (χ4v) is 2.09. The first kappa shape index (κ1) is 14.6. The van der Waals surface area contributed by atoms with E-state index in [1.807, 2.05) is 32.0 Å². The number of amides is 3. The van der Waals surface area contributed by atoms with Crippen molar-refractivity contribution in [2.45, 2.75) is 13.8 Å². The Morgan fingerprint density at radius 2 is 1.76 bits per heavy atom. The van der Waals surface area contributed by atoms with E-state index in [1.165, 1.54) is 10.9 Å². The molecule has 0 atom stereocenters. The van der Waals surface area contributed by atoms with Crippen LogP contribution in [0, 0.1) is 13.8 Å². The van der Waals surface area contributed by atoms with Gasteiger partial charge in [-0.3, -0.25) is 9.48 Å². The van der Waals surface area contributed by atoms with Crippen molar-refractivity contribution in [3.05, 3.63) is 41.2 Å². The van der Waals surface area contributed by atoms with Crippen molar-refractivity contribution in [3.63, 3.8) is 0 Å². The Morgan fingerprint density at radius 3 is 2.33 bits per heavy atom. The topological polar surface area (TPSA) is 102 Å². The van der Waals surface area contributed by atoms with Crippen LogP contribution in [0.3, 0.4) is 0 Å². The molecule has 0 aliphatic heterocycles. The molecule has 110 valence electrons. The van der Waals surface area contributed by atoms with Gasteiger partial charge in [0.05, 0.1) is 5.69 Å². The molecule has 0 bridgehead atoms. The molecule has 7 heteroatoms. The van der Waals surface area contributed by atoms with Crippen LogP contribution in [0.25, 0.3) is 0 Å². The number of hydrogen-bond acceptors (Lipinski definition) is 3. The van der Waals surface area contributed by atoms with E-state index in [4.69, 9.17) is 5.73 Å². The molecular weight excluding hydrogens is 270 g/mol. The van der Waals surface area contributed by atoms with Crippen LogP contribution < -0.4 is 16.4 Å². The molecule has 0 aliphatic carbocycles. The second kappa shape index (κ2) is 5.66. The van der Waals surface area contributed by atoms with E-state index >= 15 is 0 Å². The predicted octanol–water partition coefficient (Wildman–Crippen LogP) is 1.78. The minimum absolute atomic E-state index is 0.0214. The number of benzene rings is 1. The van der Waals surface area contributed by atoms with E-state index < -0.39 is 11.9 Å². The van der Waals surface area contributed by atoms with Gasteiger partial charge in [0.15, 0.2) is 5.69 Å². The molecule has 4 N–H and O–H groups in total. The number of carbonyl (C=O) groups is 2. The number of nitrogens with two attached hydrogens (primary N) is 1. The van der Waals surface area contributed by atoms with Crippen LogP contribution in [0.1, 0.15) is 21.6 Å². The lowest BCUT2D eigenvalue weighted by Gasteiger charge is -2.08. The summed E-state index contributed by atoms with van der Waals surface area (Å²) < 4.78 is 1.41. The molecule has 0 radical (unpaired) electrons. The van der Waals surface area contributed by atoms with Crippen molar-refractivity contribution in [2.75, 3.05) is 10.6 Å². The molecule has 0 saturated carbocycles. The van der Waals surface area contributed by atoms with Crippen LogP contribution in [-0.2, 0) is 7.05 Å². The number of hydrogen-bond donors (Lipinski definition) is 3. The Morgan fingerprint density at radius 1 is 1.14 bits per heavy atom. The fourth-order valence-electron chi connectivity index (χ4n) is 2.09. The number of rotatable bonds is 3. The molecule has 2 rings (SSSR count). The van der Waals surface area contributed by atoms with E-state index in [9.17, 15) is 9.59 Å². The lowest BCUT2D eigenvalue weighted by atomic mass is 10.1. The van der Waals surface area contributed by atoms with Gasteiger partial charge in [-0.05, 0) is 37.1 Å². The van der Waals surface area contributed by atoms with Gasteiger partial charge in [-0.2, -0.15) is 5.10 Å². The molecule has 0 saturated heterocycles. The summed E-state index contributed by atoms with van der Waals surface area (Å²) in [7, 11) is 1.64. The van der Waals surface area contributed by atoms with Crippen molar-refractivity contribution in [1.82, 2.24) is 9.78 Å². The highest BCUT2D eigenvalue weighted by Crippen LogP contribution is 2.16. The third-order valence-corrected chi connectivity index (χ3v) is 2.79. The Balaban J connectivity index is 2.13. The van der Waals surface area contributed by atoms with E-state index in [1.54, 1.807) is 7.05 Å². The van der Waals surface area contributed by atoms with Crippen LogP contribution in [0.5, 0.6) is 0 Å². The first-order valence-electron chi connectivity index (χ1n) is 6.35. The lowest BCUT2D eigenvalue weighted by molar-refractivity contribution is 0.0995. The number of aromatic nitrogens is 2. The number of anilines is 2. The van der Waals surface area contributed by atoms with E-state index in [0.717, 1.165) is 11.1 Å². The summed E-state index contributed by atoms with van der Waals surface area (Å²) in [5.41, 5.74) is 8.27. The van der Waals surface area contributed by atoms with Crippen molar-refractivity contribution < 1.29 is 9.59 Å². The van der Waals surface area contributed by atoms with Crippen LogP contribution in [0.15, 0.2) is 24.4 Å². The molecule has 0 fully saturated rings. The second-order valence-electron chi connectivity index (χ2n) is 4.88. The third-order valence-electron chi connectivity index (χ3n) is 2.79. The van der Waals surface area contributed by atoms with Crippen LogP contribution in [-0.4, -0.2) is 21.7 Å². The zero-order valence-electron chi connectivity index (χ0n) is 12.1. The molecule has 3 amide bonds. The number of nitrogens with one attached hydrogen (secondary N) is 2. The quantitative estimate of drug-likeness (QED) is 0.801. The van der Waals surface area contributed by atoms with E-state index in [-0.39, 0.29) is 11.4 Å². The molecule has 2 aromatic rings. The summed E-state index contributed by atoms with van der Waals surface area (Å²) >= 11 is 0. The van der Waals surface area contributed by atoms with Gasteiger partial charge in [0.2, 0.25) is 0 Å². The van der Waals surface area contributed by atoms with Crippen LogP contribution in [0.4, 0.5) is 16.2 Å². The molecule has 1 heterocycles. The lowest BCUT2D eigenvalue weighted by Crippen LogP contribution is -2.22. The van der Waals surface area contributed by atoms with Gasteiger partial charge in [-0.1, -0.05) is 6.07 Å². The van der Waals surface area contributed by atoms with Crippen molar-refractivity contribution >= 4 is 23.3 Å². The number of aryl methyl sites for hydroxylation is 3. The smallest absolute Gasteiger partial charge is 0.323 e. The van der Waals surface area contributed by atoms with Gasteiger partial charge >= 0.3 is 6.03 Å². The third kappa shape index (κ3) is 3.59. The molecule has 0 spiro atoms. The summed E-state index contributed by atoms with van der Waals surface area (Å²) in [6.45, 7) is 3.89. The van der Waals surface area contributed by atoms with Gasteiger partial charge in [-0.15, -0.1) is 0 Å². The standard InChI is InChI=1S/C14H17N5O2/c1-8-4-9(2)6-10(5-8)16-14(21)17-11-7-19(3)18-12(11)13(15)20/h4-7H,1-3H3,(H2,15,20)(H2,16,17,21). The Kier molecular flexibility index (Phi) is 3.93. The number of nitrogens with zero attached hydrogens (tertiary/aromatic N) is 2. The summed E-state index contributed by atoms with van der Waals surface area (Å²) in [5, 5.41) is 9.17. The number of urea groups is 1. The average molecular weight is 287 g/mol. The molecule has 21 heavy (non-hydrogen) atoms. The molecule has 1 aromatic heterocycles. The Hall–Kier alpha value is -2.83. The minimum atomic E-state index is -0.697. The Labute approximate surface area is 122 Å². The van der Waals surface area contributed by atoms with Gasteiger partial charge < -0.3 is 16.4 Å². The van der Waals surface area contributed by atoms with E-state index in [2.05, 4.69) is 15.7 Å². The van der Waals surface area contributed by atoms with Gasteiger partial charge in [0, 0.05) is 18.9 Å². The second-order valence-corrected chi connectivity index (χ2v) is 4.88. The maximum atomic E-state index is 12.0. The minimum Gasteiger partial charge on any atom is -0.364 e. The maximum Gasteiger partial charge on any atom is 0.323 e. The zero-order chi connectivity index (χ0) is 15.6. The molecule has 1 aromatic carbocycles. The van der Waals surface area contributed by atoms with Crippen LogP contribution in [0.2, 0.25) is 0 Å². The highest BCUT2D eigenvalue weighted by molar-refractivity contribution is 6.05. The number of carbonyl (C=O) groups excluding carboxylic acids is 2. The molecular formula is C14H17N5O2.